The van der Waals surface area contributed by atoms with Crippen molar-refractivity contribution in [3.8, 4) is 0 Å². The number of nitrogen functional groups attached to an aromatic ring is 1. The molecule has 0 unspecified atom stereocenters. The molecule has 0 spiro atoms. The summed E-state index contributed by atoms with van der Waals surface area (Å²) in [6.45, 7) is 18.9. The van der Waals surface area contributed by atoms with Crippen LogP contribution < -0.4 is 11.1 Å². The van der Waals surface area contributed by atoms with Crippen molar-refractivity contribution in [2.75, 3.05) is 24.1 Å². The quantitative estimate of drug-likeness (QED) is 0.449. The molecule has 6 nitrogen and oxygen atoms in total. The van der Waals surface area contributed by atoms with E-state index >= 15 is 0 Å². The number of ether oxygens (including phenoxy) is 1. The normalized spacial score (nSPS) is 17.9. The van der Waals surface area contributed by atoms with E-state index in [0.29, 0.717) is 18.8 Å². The Morgan fingerprint density at radius 3 is 2.47 bits per heavy atom. The zero-order chi connectivity index (χ0) is 22.7. The van der Waals surface area contributed by atoms with Crippen LogP contribution in [0, 0.1) is 0 Å². The van der Waals surface area contributed by atoms with Gasteiger partial charge in [-0.1, -0.05) is 26.8 Å². The van der Waals surface area contributed by atoms with Gasteiger partial charge in [-0.15, -0.1) is 0 Å². The maximum absolute atomic E-state index is 12.5. The molecule has 3 N–H and O–H groups in total. The van der Waals surface area contributed by atoms with Gasteiger partial charge in [-0.2, -0.15) is 0 Å². The summed E-state index contributed by atoms with van der Waals surface area (Å²) in [4.78, 5) is 14.3. The van der Waals surface area contributed by atoms with Gasteiger partial charge < -0.3 is 25.1 Å². The molecule has 1 atom stereocenters. The Morgan fingerprint density at radius 1 is 1.23 bits per heavy atom. The third kappa shape index (κ3) is 6.64. The molecule has 170 valence electrons. The number of nitrogens with two attached hydrogens (primary N) is 1. The molecule has 1 aliphatic rings. The molecule has 1 fully saturated rings. The second-order valence-corrected chi connectivity index (χ2v) is 15.6. The summed E-state index contributed by atoms with van der Waals surface area (Å²) in [5.41, 5.74) is 8.49. The van der Waals surface area contributed by atoms with Crippen molar-refractivity contribution in [3.63, 3.8) is 0 Å². The number of benzene rings is 1. The van der Waals surface area contributed by atoms with E-state index in [1.165, 1.54) is 0 Å². The molecule has 1 aliphatic heterocycles. The molecular formula is C23H41N3O3Si. The number of likely N-dealkylation sites (tertiary alicyclic amines) is 1. The molecule has 1 heterocycles. The van der Waals surface area contributed by atoms with E-state index in [-0.39, 0.29) is 17.2 Å². The van der Waals surface area contributed by atoms with Crippen LogP contribution in [0.3, 0.4) is 0 Å². The first-order chi connectivity index (χ1) is 13.7. The Labute approximate surface area is 183 Å². The number of anilines is 2. The minimum atomic E-state index is -1.79. The number of amides is 1. The number of nitrogens with zero attached hydrogens (tertiary/aromatic N) is 1. The lowest BCUT2D eigenvalue weighted by molar-refractivity contribution is 0.0235. The molecule has 0 aromatic heterocycles. The highest BCUT2D eigenvalue weighted by Crippen LogP contribution is 2.37. The van der Waals surface area contributed by atoms with E-state index in [4.69, 9.17) is 14.9 Å². The largest absolute Gasteiger partial charge is 0.444 e. The van der Waals surface area contributed by atoms with Crippen LogP contribution >= 0.6 is 0 Å². The Kier molecular flexibility index (Phi) is 7.51. The average Bonchev–Trinajstić information content (AvgIpc) is 3.05. The fraction of sp³-hybridized carbons (Fsp3) is 0.696. The van der Waals surface area contributed by atoms with Gasteiger partial charge in [0.25, 0.3) is 0 Å². The molecule has 0 bridgehead atoms. The summed E-state index contributed by atoms with van der Waals surface area (Å²) in [7, 11) is -1.79. The molecule has 0 aliphatic carbocycles. The lowest BCUT2D eigenvalue weighted by atomic mass is 10.1. The van der Waals surface area contributed by atoms with Crippen molar-refractivity contribution >= 4 is 25.8 Å². The van der Waals surface area contributed by atoms with Gasteiger partial charge >= 0.3 is 6.09 Å². The monoisotopic (exact) mass is 435 g/mol. The molecule has 1 amide bonds. The predicted molar refractivity (Wildman–Crippen MR) is 127 cm³/mol. The predicted octanol–water partition coefficient (Wildman–Crippen LogP) is 5.60. The minimum absolute atomic E-state index is 0.112. The van der Waals surface area contributed by atoms with Gasteiger partial charge in [0.05, 0.1) is 24.0 Å². The van der Waals surface area contributed by atoms with E-state index in [2.05, 4.69) is 45.2 Å². The molecule has 1 aromatic carbocycles. The number of carbonyl (C=O) groups is 1. The number of rotatable bonds is 6. The van der Waals surface area contributed by atoms with Crippen LogP contribution in [0.4, 0.5) is 16.2 Å². The molecule has 30 heavy (non-hydrogen) atoms. The van der Waals surface area contributed by atoms with Crippen LogP contribution in [-0.2, 0) is 15.8 Å². The van der Waals surface area contributed by atoms with Crippen LogP contribution in [0.15, 0.2) is 18.2 Å². The second-order valence-electron chi connectivity index (χ2n) is 10.8. The number of carbonyl (C=O) groups excluding carboxylic acids is 1. The van der Waals surface area contributed by atoms with Gasteiger partial charge in [-0.3, -0.25) is 0 Å². The highest BCUT2D eigenvalue weighted by Gasteiger charge is 2.37. The van der Waals surface area contributed by atoms with Gasteiger partial charge in [-0.05, 0) is 69.4 Å². The Bertz CT molecular complexity index is 738. The van der Waals surface area contributed by atoms with Crippen LogP contribution in [0.1, 0.15) is 59.9 Å². The van der Waals surface area contributed by atoms with E-state index in [9.17, 15) is 4.79 Å². The highest BCUT2D eigenvalue weighted by molar-refractivity contribution is 6.74. The third-order valence-corrected chi connectivity index (χ3v) is 10.5. The SMILES string of the molecule is CC(C)(C)OC(=O)N1CCC[C@@H]1CNc1ccc(CO[Si](C)(C)C(C)(C)C)cc1N. The lowest BCUT2D eigenvalue weighted by Crippen LogP contribution is -2.42. The van der Waals surface area contributed by atoms with Gasteiger partial charge in [0.15, 0.2) is 8.32 Å². The van der Waals surface area contributed by atoms with E-state index in [1.54, 1.807) is 0 Å². The first-order valence-electron chi connectivity index (χ1n) is 11.0. The smallest absolute Gasteiger partial charge is 0.410 e. The molecule has 7 heteroatoms. The minimum Gasteiger partial charge on any atom is -0.444 e. The summed E-state index contributed by atoms with van der Waals surface area (Å²) in [6, 6.07) is 6.16. The second kappa shape index (κ2) is 9.18. The summed E-state index contributed by atoms with van der Waals surface area (Å²) in [5.74, 6) is 0. The Balaban J connectivity index is 1.94. The standard InChI is InChI=1S/C23H41N3O3Si/c1-22(2,3)29-21(27)26-13-9-10-18(26)15-25-20-12-11-17(14-19(20)24)16-28-30(7,8)23(4,5)6/h11-12,14,18,25H,9-10,13,15-16,24H2,1-8H3/t18-/m1/s1. The lowest BCUT2D eigenvalue weighted by Gasteiger charge is -2.36. The van der Waals surface area contributed by atoms with Crippen molar-refractivity contribution in [1.29, 1.82) is 0 Å². The van der Waals surface area contributed by atoms with Crippen molar-refractivity contribution in [1.82, 2.24) is 4.90 Å². The highest BCUT2D eigenvalue weighted by atomic mass is 28.4. The van der Waals surface area contributed by atoms with Crippen LogP contribution in [-0.4, -0.2) is 44.0 Å². The van der Waals surface area contributed by atoms with Gasteiger partial charge in [0.2, 0.25) is 0 Å². The summed E-state index contributed by atoms with van der Waals surface area (Å²) < 4.78 is 11.8. The molecular weight excluding hydrogens is 394 g/mol. The van der Waals surface area contributed by atoms with E-state index in [0.717, 1.165) is 30.6 Å². The summed E-state index contributed by atoms with van der Waals surface area (Å²) >= 11 is 0. The van der Waals surface area contributed by atoms with E-state index < -0.39 is 13.9 Å². The number of hydrogen-bond donors (Lipinski definition) is 2. The zero-order valence-corrected chi connectivity index (χ0v) is 21.1. The zero-order valence-electron chi connectivity index (χ0n) is 20.1. The van der Waals surface area contributed by atoms with Gasteiger partial charge in [-0.25, -0.2) is 4.79 Å². The van der Waals surface area contributed by atoms with Crippen LogP contribution in [0.2, 0.25) is 18.1 Å². The summed E-state index contributed by atoms with van der Waals surface area (Å²) in [5, 5.41) is 3.60. The Morgan fingerprint density at radius 2 is 1.90 bits per heavy atom. The molecule has 0 saturated carbocycles. The topological polar surface area (TPSA) is 76.8 Å². The molecule has 1 saturated heterocycles. The first kappa shape index (κ1) is 24.5. The van der Waals surface area contributed by atoms with Gasteiger partial charge in [0.1, 0.15) is 5.60 Å². The summed E-state index contributed by atoms with van der Waals surface area (Å²) in [6.07, 6.45) is 1.72. The third-order valence-electron chi connectivity index (χ3n) is 6.06. The van der Waals surface area contributed by atoms with E-state index in [1.807, 2.05) is 37.8 Å². The fourth-order valence-corrected chi connectivity index (χ4v) is 4.14. The first-order valence-corrected chi connectivity index (χ1v) is 13.9. The molecule has 0 radical (unpaired) electrons. The van der Waals surface area contributed by atoms with Crippen LogP contribution in [0.5, 0.6) is 0 Å². The van der Waals surface area contributed by atoms with Crippen molar-refractivity contribution < 1.29 is 14.0 Å². The Hall–Kier alpha value is -1.73. The van der Waals surface area contributed by atoms with Crippen molar-refractivity contribution in [2.45, 2.75) is 90.8 Å². The maximum Gasteiger partial charge on any atom is 0.410 e. The van der Waals surface area contributed by atoms with Crippen molar-refractivity contribution in [2.24, 2.45) is 0 Å². The van der Waals surface area contributed by atoms with Crippen LogP contribution in [0.25, 0.3) is 0 Å². The van der Waals surface area contributed by atoms with Gasteiger partial charge in [0, 0.05) is 13.1 Å². The molecule has 1 aromatic rings. The number of hydrogen-bond acceptors (Lipinski definition) is 5. The van der Waals surface area contributed by atoms with Crippen molar-refractivity contribution in [3.05, 3.63) is 23.8 Å². The number of nitrogens with one attached hydrogen (secondary N) is 1. The fourth-order valence-electron chi connectivity index (χ4n) is 3.18. The maximum atomic E-state index is 12.5. The molecule has 2 rings (SSSR count). The average molecular weight is 436 g/mol.